The first-order valence-electron chi connectivity index (χ1n) is 5.98. The van der Waals surface area contributed by atoms with Gasteiger partial charge in [-0.3, -0.25) is 9.59 Å². The van der Waals surface area contributed by atoms with E-state index in [2.05, 4.69) is 15.9 Å². The Balaban J connectivity index is 2.67. The Kier molecular flexibility index (Phi) is 6.38. The van der Waals surface area contributed by atoms with Gasteiger partial charge < -0.3 is 9.64 Å². The molecule has 0 fully saturated rings. The number of likely N-dealkylation sites (N-methyl/N-ethyl adjacent to an activating group) is 1. The molecule has 4 nitrogen and oxygen atoms in total. The Bertz CT molecular complexity index is 531. The van der Waals surface area contributed by atoms with E-state index < -0.39 is 17.7 Å². The van der Waals surface area contributed by atoms with Crippen LogP contribution < -0.4 is 0 Å². The van der Waals surface area contributed by atoms with Gasteiger partial charge in [-0.2, -0.15) is 0 Å². The SMILES string of the molecule is CCOC(=O)CN(C)C(=O)C=Cc1cc(Br)ccc1F. The molecule has 0 aliphatic heterocycles. The Morgan fingerprint density at radius 1 is 1.45 bits per heavy atom. The zero-order valence-corrected chi connectivity index (χ0v) is 12.8. The Morgan fingerprint density at radius 2 is 2.15 bits per heavy atom. The summed E-state index contributed by atoms with van der Waals surface area (Å²) in [6.07, 6.45) is 2.58. The number of halogens is 2. The molecule has 0 aromatic heterocycles. The van der Waals surface area contributed by atoms with Gasteiger partial charge in [-0.15, -0.1) is 0 Å². The van der Waals surface area contributed by atoms with Crippen LogP contribution in [0.3, 0.4) is 0 Å². The molecule has 108 valence electrons. The Hall–Kier alpha value is -1.69. The number of hydrogen-bond acceptors (Lipinski definition) is 3. The number of rotatable bonds is 5. The monoisotopic (exact) mass is 343 g/mol. The maximum Gasteiger partial charge on any atom is 0.325 e. The fourth-order valence-electron chi connectivity index (χ4n) is 1.41. The molecule has 0 heterocycles. The second-order valence-corrected chi connectivity index (χ2v) is 4.91. The number of hydrogen-bond donors (Lipinski definition) is 0. The van der Waals surface area contributed by atoms with Crippen molar-refractivity contribution in [2.75, 3.05) is 20.2 Å². The van der Waals surface area contributed by atoms with Crippen LogP contribution in [-0.4, -0.2) is 37.0 Å². The van der Waals surface area contributed by atoms with E-state index >= 15 is 0 Å². The summed E-state index contributed by atoms with van der Waals surface area (Å²) < 4.78 is 18.9. The standard InChI is InChI=1S/C14H15BrFNO3/c1-3-20-14(19)9-17(2)13(18)7-4-10-8-11(15)5-6-12(10)16/h4-8H,3,9H2,1-2H3. The highest BCUT2D eigenvalue weighted by Gasteiger charge is 2.11. The van der Waals surface area contributed by atoms with Crippen LogP contribution in [0.1, 0.15) is 12.5 Å². The van der Waals surface area contributed by atoms with Crippen molar-refractivity contribution in [2.24, 2.45) is 0 Å². The summed E-state index contributed by atoms with van der Waals surface area (Å²) in [5, 5.41) is 0. The van der Waals surface area contributed by atoms with Crippen molar-refractivity contribution < 1.29 is 18.7 Å². The molecule has 0 unspecified atom stereocenters. The molecule has 0 radical (unpaired) electrons. The first-order valence-corrected chi connectivity index (χ1v) is 6.77. The molecular weight excluding hydrogens is 329 g/mol. The van der Waals surface area contributed by atoms with Crippen molar-refractivity contribution in [3.05, 3.63) is 40.1 Å². The van der Waals surface area contributed by atoms with Crippen molar-refractivity contribution in [2.45, 2.75) is 6.92 Å². The zero-order chi connectivity index (χ0) is 15.1. The number of benzene rings is 1. The van der Waals surface area contributed by atoms with Crippen LogP contribution in [0, 0.1) is 5.82 Å². The van der Waals surface area contributed by atoms with Crippen molar-refractivity contribution in [3.8, 4) is 0 Å². The summed E-state index contributed by atoms with van der Waals surface area (Å²) >= 11 is 3.23. The first kappa shape index (κ1) is 16.4. The number of carbonyl (C=O) groups excluding carboxylic acids is 2. The molecule has 0 aliphatic carbocycles. The van der Waals surface area contributed by atoms with E-state index in [-0.39, 0.29) is 18.7 Å². The van der Waals surface area contributed by atoms with E-state index in [4.69, 9.17) is 4.74 Å². The van der Waals surface area contributed by atoms with Gasteiger partial charge in [0.2, 0.25) is 5.91 Å². The molecule has 0 N–H and O–H groups in total. The minimum Gasteiger partial charge on any atom is -0.465 e. The van der Waals surface area contributed by atoms with Crippen LogP contribution in [0.2, 0.25) is 0 Å². The van der Waals surface area contributed by atoms with Gasteiger partial charge in [-0.05, 0) is 31.2 Å². The second-order valence-electron chi connectivity index (χ2n) is 4.00. The predicted molar refractivity (Wildman–Crippen MR) is 77.4 cm³/mol. The van der Waals surface area contributed by atoms with E-state index in [1.807, 2.05) is 0 Å². The third kappa shape index (κ3) is 5.13. The number of ether oxygens (including phenoxy) is 1. The van der Waals surface area contributed by atoms with Gasteiger partial charge >= 0.3 is 5.97 Å². The highest BCUT2D eigenvalue weighted by atomic mass is 79.9. The van der Waals surface area contributed by atoms with E-state index in [0.717, 1.165) is 0 Å². The fourth-order valence-corrected chi connectivity index (χ4v) is 1.79. The first-order chi connectivity index (χ1) is 9.43. The molecule has 6 heteroatoms. The van der Waals surface area contributed by atoms with Crippen LogP contribution in [0.15, 0.2) is 28.7 Å². The van der Waals surface area contributed by atoms with E-state index in [0.29, 0.717) is 4.47 Å². The minimum absolute atomic E-state index is 0.141. The third-order valence-electron chi connectivity index (χ3n) is 2.41. The normalized spacial score (nSPS) is 10.6. The smallest absolute Gasteiger partial charge is 0.325 e. The van der Waals surface area contributed by atoms with Gasteiger partial charge in [0.1, 0.15) is 12.4 Å². The molecular formula is C14H15BrFNO3. The third-order valence-corrected chi connectivity index (χ3v) is 2.90. The summed E-state index contributed by atoms with van der Waals surface area (Å²) in [6.45, 7) is 1.81. The molecule has 20 heavy (non-hydrogen) atoms. The van der Waals surface area contributed by atoms with Gasteiger partial charge in [-0.25, -0.2) is 4.39 Å². The van der Waals surface area contributed by atoms with Gasteiger partial charge in [0.25, 0.3) is 0 Å². The summed E-state index contributed by atoms with van der Waals surface area (Å²) in [4.78, 5) is 24.2. The molecule has 0 spiro atoms. The molecule has 0 bridgehead atoms. The molecule has 1 aromatic rings. The highest BCUT2D eigenvalue weighted by Crippen LogP contribution is 2.16. The van der Waals surface area contributed by atoms with Crippen molar-refractivity contribution in [1.29, 1.82) is 0 Å². The molecule has 1 amide bonds. The topological polar surface area (TPSA) is 46.6 Å². The lowest BCUT2D eigenvalue weighted by Crippen LogP contribution is -2.31. The molecule has 0 aliphatic rings. The quantitative estimate of drug-likeness (QED) is 0.609. The number of amides is 1. The molecule has 1 aromatic carbocycles. The van der Waals surface area contributed by atoms with Gasteiger partial charge in [0, 0.05) is 23.2 Å². The Morgan fingerprint density at radius 3 is 2.80 bits per heavy atom. The maximum absolute atomic E-state index is 13.5. The van der Waals surface area contributed by atoms with E-state index in [9.17, 15) is 14.0 Å². The summed E-state index contributed by atoms with van der Waals surface area (Å²) in [7, 11) is 1.47. The lowest BCUT2D eigenvalue weighted by atomic mass is 10.2. The number of carbonyl (C=O) groups is 2. The summed E-state index contributed by atoms with van der Waals surface area (Å²) in [5.41, 5.74) is 0.289. The molecule has 0 saturated heterocycles. The van der Waals surface area contributed by atoms with Crippen LogP contribution in [0.5, 0.6) is 0 Å². The molecule has 0 saturated carbocycles. The predicted octanol–water partition coefficient (Wildman–Crippen LogP) is 2.62. The summed E-state index contributed by atoms with van der Waals surface area (Å²) in [6, 6.07) is 4.43. The number of esters is 1. The van der Waals surface area contributed by atoms with Gasteiger partial charge in [0.05, 0.1) is 6.61 Å². The van der Waals surface area contributed by atoms with Crippen LogP contribution in [0.4, 0.5) is 4.39 Å². The van der Waals surface area contributed by atoms with Crippen molar-refractivity contribution >= 4 is 33.9 Å². The van der Waals surface area contributed by atoms with Gasteiger partial charge in [-0.1, -0.05) is 15.9 Å². The second kappa shape index (κ2) is 7.79. The van der Waals surface area contributed by atoms with Crippen molar-refractivity contribution in [1.82, 2.24) is 4.90 Å². The fraction of sp³-hybridized carbons (Fsp3) is 0.286. The maximum atomic E-state index is 13.5. The number of nitrogens with zero attached hydrogens (tertiary/aromatic N) is 1. The Labute approximate surface area is 125 Å². The lowest BCUT2D eigenvalue weighted by molar-refractivity contribution is -0.146. The van der Waals surface area contributed by atoms with E-state index in [1.54, 1.807) is 19.1 Å². The van der Waals surface area contributed by atoms with E-state index in [1.165, 1.54) is 30.2 Å². The largest absolute Gasteiger partial charge is 0.465 e. The minimum atomic E-state index is -0.481. The summed E-state index contributed by atoms with van der Waals surface area (Å²) in [5.74, 6) is -1.31. The average Bonchev–Trinajstić information content (AvgIpc) is 2.39. The average molecular weight is 344 g/mol. The molecule has 0 atom stereocenters. The zero-order valence-electron chi connectivity index (χ0n) is 11.2. The molecule has 1 rings (SSSR count). The van der Waals surface area contributed by atoms with Gasteiger partial charge in [0.15, 0.2) is 0 Å². The van der Waals surface area contributed by atoms with Crippen LogP contribution in [-0.2, 0) is 14.3 Å². The van der Waals surface area contributed by atoms with Crippen molar-refractivity contribution in [3.63, 3.8) is 0 Å². The van der Waals surface area contributed by atoms with Crippen LogP contribution >= 0.6 is 15.9 Å². The van der Waals surface area contributed by atoms with Crippen LogP contribution in [0.25, 0.3) is 6.08 Å². The highest BCUT2D eigenvalue weighted by molar-refractivity contribution is 9.10. The lowest BCUT2D eigenvalue weighted by Gasteiger charge is -2.13.